The van der Waals surface area contributed by atoms with Gasteiger partial charge in [-0.25, -0.2) is 4.79 Å². The first-order valence-corrected chi connectivity index (χ1v) is 8.11. The smallest absolute Gasteiger partial charge is 0.410 e. The van der Waals surface area contributed by atoms with Crippen LogP contribution >= 0.6 is 0 Å². The molecule has 2 aliphatic heterocycles. The van der Waals surface area contributed by atoms with Gasteiger partial charge in [0.1, 0.15) is 5.60 Å². The van der Waals surface area contributed by atoms with Crippen molar-refractivity contribution in [2.75, 3.05) is 19.9 Å². The number of rotatable bonds is 4. The van der Waals surface area contributed by atoms with Crippen LogP contribution in [0.2, 0.25) is 0 Å². The van der Waals surface area contributed by atoms with Crippen LogP contribution in [-0.4, -0.2) is 59.3 Å². The van der Waals surface area contributed by atoms with Crippen molar-refractivity contribution in [3.8, 4) is 0 Å². The van der Waals surface area contributed by atoms with E-state index in [1.807, 2.05) is 20.8 Å². The Labute approximate surface area is 131 Å². The third-order valence-electron chi connectivity index (χ3n) is 4.27. The summed E-state index contributed by atoms with van der Waals surface area (Å²) in [5.74, 6) is 0. The van der Waals surface area contributed by atoms with Gasteiger partial charge in [-0.1, -0.05) is 0 Å². The summed E-state index contributed by atoms with van der Waals surface area (Å²) < 4.78 is 23.3. The molecule has 2 aliphatic rings. The molecule has 2 bridgehead atoms. The molecule has 2 rings (SSSR count). The highest BCUT2D eigenvalue weighted by Crippen LogP contribution is 2.38. The van der Waals surface area contributed by atoms with Crippen LogP contribution in [0.5, 0.6) is 0 Å². The van der Waals surface area contributed by atoms with E-state index >= 15 is 0 Å². The fraction of sp³-hybridized carbons (Fsp3) is 0.938. The number of unbranched alkanes of at least 4 members (excludes halogenated alkanes) is 1. The number of morpholine rings is 1. The number of hydrogen-bond donors (Lipinski definition) is 1. The van der Waals surface area contributed by atoms with Crippen molar-refractivity contribution < 1.29 is 23.8 Å². The van der Waals surface area contributed by atoms with Gasteiger partial charge in [0.05, 0.1) is 37.6 Å². The van der Waals surface area contributed by atoms with Gasteiger partial charge >= 0.3 is 6.09 Å². The number of amides is 1. The van der Waals surface area contributed by atoms with Gasteiger partial charge in [0.25, 0.3) is 0 Å². The summed E-state index contributed by atoms with van der Waals surface area (Å²) in [6.45, 7) is 6.01. The number of piperidine rings is 1. The van der Waals surface area contributed by atoms with Crippen LogP contribution in [-0.2, 0) is 9.47 Å². The standard InChI is InChI=1S/C16H28FNO4/c1-15(2,3)22-14(19)18-12-8-16(20,6-4-5-7-17)9-13(18)11-21-10-12/h12-13,20H,4-11H2,1-3H3. The average molecular weight is 317 g/mol. The highest BCUT2D eigenvalue weighted by Gasteiger charge is 2.48. The minimum atomic E-state index is -0.827. The number of hydrogen-bond acceptors (Lipinski definition) is 4. The molecule has 5 nitrogen and oxygen atoms in total. The Kier molecular flexibility index (Phi) is 5.33. The van der Waals surface area contributed by atoms with Crippen LogP contribution < -0.4 is 0 Å². The van der Waals surface area contributed by atoms with E-state index in [1.165, 1.54) is 0 Å². The van der Waals surface area contributed by atoms with Gasteiger partial charge in [-0.2, -0.15) is 0 Å². The van der Waals surface area contributed by atoms with Gasteiger partial charge in [0, 0.05) is 0 Å². The van der Waals surface area contributed by atoms with Crippen LogP contribution in [0.25, 0.3) is 0 Å². The molecule has 2 saturated heterocycles. The summed E-state index contributed by atoms with van der Waals surface area (Å²) in [5.41, 5.74) is -1.37. The highest BCUT2D eigenvalue weighted by molar-refractivity contribution is 5.69. The number of nitrogens with zero attached hydrogens (tertiary/aromatic N) is 1. The van der Waals surface area contributed by atoms with E-state index in [1.54, 1.807) is 4.90 Å². The second-order valence-electron chi connectivity index (χ2n) is 7.51. The Bertz CT molecular complexity index is 382. The average Bonchev–Trinajstić information content (AvgIpc) is 2.35. The Morgan fingerprint density at radius 1 is 1.32 bits per heavy atom. The van der Waals surface area contributed by atoms with Crippen molar-refractivity contribution in [2.24, 2.45) is 0 Å². The molecule has 2 atom stereocenters. The molecule has 0 aromatic heterocycles. The van der Waals surface area contributed by atoms with E-state index in [4.69, 9.17) is 9.47 Å². The number of aliphatic hydroxyl groups is 1. The van der Waals surface area contributed by atoms with Crippen LogP contribution in [0, 0.1) is 0 Å². The number of carbonyl (C=O) groups excluding carboxylic acids is 1. The van der Waals surface area contributed by atoms with Crippen molar-refractivity contribution in [1.29, 1.82) is 0 Å². The minimum Gasteiger partial charge on any atom is -0.444 e. The molecular formula is C16H28FNO4. The first-order valence-electron chi connectivity index (χ1n) is 8.11. The maximum absolute atomic E-state index is 12.4. The molecule has 1 N–H and O–H groups in total. The number of ether oxygens (including phenoxy) is 2. The molecule has 2 fully saturated rings. The Morgan fingerprint density at radius 3 is 2.41 bits per heavy atom. The summed E-state index contributed by atoms with van der Waals surface area (Å²) in [5, 5.41) is 10.8. The van der Waals surface area contributed by atoms with Crippen molar-refractivity contribution in [3.63, 3.8) is 0 Å². The Morgan fingerprint density at radius 2 is 1.91 bits per heavy atom. The topological polar surface area (TPSA) is 59.0 Å². The fourth-order valence-corrected chi connectivity index (χ4v) is 3.44. The van der Waals surface area contributed by atoms with Crippen LogP contribution in [0.3, 0.4) is 0 Å². The first-order chi connectivity index (χ1) is 10.2. The molecule has 0 aliphatic carbocycles. The normalized spacial score (nSPS) is 32.0. The van der Waals surface area contributed by atoms with E-state index in [2.05, 4.69) is 0 Å². The predicted molar refractivity (Wildman–Crippen MR) is 80.5 cm³/mol. The van der Waals surface area contributed by atoms with E-state index in [-0.39, 0.29) is 24.9 Å². The minimum absolute atomic E-state index is 0.169. The molecule has 0 aromatic rings. The summed E-state index contributed by atoms with van der Waals surface area (Å²) >= 11 is 0. The van der Waals surface area contributed by atoms with Gasteiger partial charge in [-0.3, -0.25) is 9.29 Å². The molecule has 128 valence electrons. The van der Waals surface area contributed by atoms with Gasteiger partial charge in [-0.15, -0.1) is 0 Å². The Balaban J connectivity index is 2.03. The van der Waals surface area contributed by atoms with Crippen LogP contribution in [0.1, 0.15) is 52.9 Å². The summed E-state index contributed by atoms with van der Waals surface area (Å²) in [4.78, 5) is 14.2. The predicted octanol–water partition coefficient (Wildman–Crippen LogP) is 2.66. The van der Waals surface area contributed by atoms with E-state index < -0.39 is 11.2 Å². The quantitative estimate of drug-likeness (QED) is 0.810. The second kappa shape index (κ2) is 6.71. The summed E-state index contributed by atoms with van der Waals surface area (Å²) in [6, 6.07) is -0.338. The van der Waals surface area contributed by atoms with Gasteiger partial charge in [0.15, 0.2) is 0 Å². The number of alkyl halides is 1. The maximum Gasteiger partial charge on any atom is 0.410 e. The number of fused-ring (bicyclic) bond motifs is 2. The van der Waals surface area contributed by atoms with Crippen molar-refractivity contribution >= 4 is 6.09 Å². The van der Waals surface area contributed by atoms with Crippen molar-refractivity contribution in [2.45, 2.75) is 76.2 Å². The molecule has 0 spiro atoms. The first kappa shape index (κ1) is 17.5. The molecule has 22 heavy (non-hydrogen) atoms. The third-order valence-corrected chi connectivity index (χ3v) is 4.27. The van der Waals surface area contributed by atoms with Crippen molar-refractivity contribution in [3.05, 3.63) is 0 Å². The number of halogens is 1. The maximum atomic E-state index is 12.4. The molecule has 0 radical (unpaired) electrons. The molecule has 6 heteroatoms. The van der Waals surface area contributed by atoms with Gasteiger partial charge in [-0.05, 0) is 52.9 Å². The zero-order valence-electron chi connectivity index (χ0n) is 13.8. The highest BCUT2D eigenvalue weighted by atomic mass is 19.1. The van der Waals surface area contributed by atoms with Gasteiger partial charge in [0.2, 0.25) is 0 Å². The molecule has 0 aromatic carbocycles. The monoisotopic (exact) mass is 317 g/mol. The van der Waals surface area contributed by atoms with Crippen LogP contribution in [0.15, 0.2) is 0 Å². The molecule has 1 amide bonds. The SMILES string of the molecule is CC(C)(C)OC(=O)N1C2COCC1CC(O)(CCCCF)C2. The second-order valence-corrected chi connectivity index (χ2v) is 7.51. The molecule has 0 saturated carbocycles. The molecular weight excluding hydrogens is 289 g/mol. The third kappa shape index (κ3) is 4.32. The van der Waals surface area contributed by atoms with Crippen molar-refractivity contribution in [1.82, 2.24) is 4.90 Å². The summed E-state index contributed by atoms with van der Waals surface area (Å²) in [6.07, 6.45) is 2.32. The zero-order valence-corrected chi connectivity index (χ0v) is 13.8. The van der Waals surface area contributed by atoms with E-state index in [9.17, 15) is 14.3 Å². The lowest BCUT2D eigenvalue weighted by Crippen LogP contribution is -2.64. The van der Waals surface area contributed by atoms with E-state index in [0.717, 1.165) is 0 Å². The molecule has 2 heterocycles. The molecule has 2 unspecified atom stereocenters. The largest absolute Gasteiger partial charge is 0.444 e. The lowest BCUT2D eigenvalue weighted by atomic mass is 9.78. The van der Waals surface area contributed by atoms with Crippen LogP contribution in [0.4, 0.5) is 9.18 Å². The Hall–Kier alpha value is -0.880. The fourth-order valence-electron chi connectivity index (χ4n) is 3.44. The lowest BCUT2D eigenvalue weighted by molar-refractivity contribution is -0.140. The number of carbonyl (C=O) groups is 1. The summed E-state index contributed by atoms with van der Waals surface area (Å²) in [7, 11) is 0. The van der Waals surface area contributed by atoms with E-state index in [0.29, 0.717) is 45.3 Å². The zero-order chi connectivity index (χ0) is 16.4. The van der Waals surface area contributed by atoms with Gasteiger partial charge < -0.3 is 14.6 Å². The lowest BCUT2D eigenvalue weighted by Gasteiger charge is -2.51.